The fraction of sp³-hybridized carbons (Fsp3) is 0.524. The first kappa shape index (κ1) is 32.9. The lowest BCUT2D eigenvalue weighted by atomic mass is 9.51. The third-order valence-corrected chi connectivity index (χ3v) is 11.9. The third kappa shape index (κ3) is 6.29. The largest absolute Gasteiger partial charge is 0.493 e. The minimum atomic E-state index is -0.156. The van der Waals surface area contributed by atoms with Crippen LogP contribution in [-0.4, -0.2) is 66.4 Å². The van der Waals surface area contributed by atoms with Crippen LogP contribution in [0.25, 0.3) is 0 Å². The topological polar surface area (TPSA) is 59.1 Å². The zero-order valence-corrected chi connectivity index (χ0v) is 28.9. The lowest BCUT2D eigenvalue weighted by Gasteiger charge is -2.60. The summed E-state index contributed by atoms with van der Waals surface area (Å²) in [6, 6.07) is 26.0. The van der Waals surface area contributed by atoms with Crippen LogP contribution in [0.4, 0.5) is 0 Å². The molecule has 2 aliphatic carbocycles. The highest BCUT2D eigenvalue weighted by Crippen LogP contribution is 2.64. The molecule has 0 radical (unpaired) electrons. The molecule has 2 aliphatic heterocycles. The second-order valence-electron chi connectivity index (χ2n) is 14.7. The Kier molecular flexibility index (Phi) is 9.90. The molecule has 4 aliphatic rings. The van der Waals surface area contributed by atoms with E-state index in [1.807, 2.05) is 0 Å². The Balaban J connectivity index is 1.12. The van der Waals surface area contributed by atoms with Crippen molar-refractivity contribution in [1.82, 2.24) is 9.80 Å². The van der Waals surface area contributed by atoms with E-state index < -0.39 is 0 Å². The Morgan fingerprint density at radius 2 is 1.60 bits per heavy atom. The maximum Gasteiger partial charge on any atom is 0.222 e. The Hall–Kier alpha value is -3.64. The Morgan fingerprint density at radius 3 is 2.29 bits per heavy atom. The number of aryl methyl sites for hydroxylation is 2. The van der Waals surface area contributed by atoms with Gasteiger partial charge in [0, 0.05) is 30.0 Å². The van der Waals surface area contributed by atoms with Crippen LogP contribution >= 0.6 is 0 Å². The van der Waals surface area contributed by atoms with Crippen molar-refractivity contribution in [3.63, 3.8) is 0 Å². The summed E-state index contributed by atoms with van der Waals surface area (Å²) in [7, 11) is 1.73. The number of likely N-dealkylation sites (tertiary alicyclic amines) is 1. The van der Waals surface area contributed by atoms with Gasteiger partial charge in [0.1, 0.15) is 11.9 Å². The average Bonchev–Trinajstić information content (AvgIpc) is 3.45. The van der Waals surface area contributed by atoms with Crippen molar-refractivity contribution in [2.45, 2.75) is 108 Å². The summed E-state index contributed by atoms with van der Waals surface area (Å²) < 4.78 is 13.0. The number of carbonyl (C=O) groups excluding carboxylic acids is 2. The number of ketones is 1. The molecule has 3 aromatic carbocycles. The van der Waals surface area contributed by atoms with Gasteiger partial charge in [-0.2, -0.15) is 0 Å². The lowest BCUT2D eigenvalue weighted by molar-refractivity contribution is -0.143. The molecular weight excluding hydrogens is 596 g/mol. The summed E-state index contributed by atoms with van der Waals surface area (Å²) in [6.45, 7) is 3.88. The van der Waals surface area contributed by atoms with Gasteiger partial charge in [-0.3, -0.25) is 14.5 Å². The number of methoxy groups -OCH3 is 1. The van der Waals surface area contributed by atoms with Crippen LogP contribution in [0, 0.1) is 5.92 Å². The quantitative estimate of drug-likeness (QED) is 0.161. The van der Waals surface area contributed by atoms with E-state index in [-0.39, 0.29) is 29.3 Å². The SMILES string of the molecule is COc1ccc2c3c1O[C@H]1[C@H](N(CCCCc4ccccc4)C(=O)CCCCCc4ccccc4)CC[C@H]4[C@@H](C2)N(CC(C)=O)CC[C@@]341. The van der Waals surface area contributed by atoms with Crippen molar-refractivity contribution in [2.24, 2.45) is 5.92 Å². The van der Waals surface area contributed by atoms with Crippen LogP contribution in [0.2, 0.25) is 0 Å². The smallest absolute Gasteiger partial charge is 0.222 e. The van der Waals surface area contributed by atoms with Crippen LogP contribution in [0.3, 0.4) is 0 Å². The second-order valence-corrected chi connectivity index (χ2v) is 14.7. The molecule has 2 heterocycles. The zero-order chi connectivity index (χ0) is 33.1. The molecule has 5 atom stereocenters. The maximum atomic E-state index is 14.3. The van der Waals surface area contributed by atoms with Crippen molar-refractivity contribution in [3.05, 3.63) is 95.1 Å². The number of carbonyl (C=O) groups is 2. The molecule has 7 rings (SSSR count). The van der Waals surface area contributed by atoms with E-state index in [2.05, 4.69) is 82.6 Å². The molecule has 2 fully saturated rings. The van der Waals surface area contributed by atoms with E-state index in [9.17, 15) is 9.59 Å². The van der Waals surface area contributed by atoms with Gasteiger partial charge >= 0.3 is 0 Å². The molecule has 1 saturated heterocycles. The number of nitrogens with zero attached hydrogens (tertiary/aromatic N) is 2. The molecule has 3 aromatic rings. The predicted molar refractivity (Wildman–Crippen MR) is 190 cm³/mol. The molecule has 1 spiro atoms. The van der Waals surface area contributed by atoms with Gasteiger partial charge < -0.3 is 14.4 Å². The standard InChI is InChI=1S/C42H52N2O4/c1-30(45)29-43-27-25-42-34-22-23-35(41(42)48-40-37(47-2)24-21-33(39(40)42)28-36(34)43)44(26-13-12-19-32-16-8-4-9-17-32)38(46)20-11-5-10-18-31-14-6-3-7-15-31/h3-4,6-9,14-17,21,24,34-36,41H,5,10-13,18-20,22-23,25-29H2,1-2H3/t34-,35+,36+,41-,42-/m0/s1. The van der Waals surface area contributed by atoms with E-state index in [1.54, 1.807) is 14.0 Å². The summed E-state index contributed by atoms with van der Waals surface area (Å²) in [5.41, 5.74) is 5.25. The minimum Gasteiger partial charge on any atom is -0.493 e. The number of hydrogen-bond acceptors (Lipinski definition) is 5. The number of unbranched alkanes of at least 4 members (excludes halogenated alkanes) is 3. The third-order valence-electron chi connectivity index (χ3n) is 11.9. The van der Waals surface area contributed by atoms with Gasteiger partial charge in [-0.1, -0.05) is 73.2 Å². The Bertz CT molecular complexity index is 1580. The van der Waals surface area contributed by atoms with E-state index in [0.717, 1.165) is 95.2 Å². The predicted octanol–water partition coefficient (Wildman–Crippen LogP) is 7.35. The number of benzene rings is 3. The van der Waals surface area contributed by atoms with Gasteiger partial charge in [0.2, 0.25) is 5.91 Å². The monoisotopic (exact) mass is 648 g/mol. The molecule has 0 aromatic heterocycles. The Labute approximate surface area is 286 Å². The summed E-state index contributed by atoms with van der Waals surface area (Å²) in [5, 5.41) is 0. The van der Waals surface area contributed by atoms with E-state index in [1.165, 1.54) is 22.3 Å². The summed E-state index contributed by atoms with van der Waals surface area (Å²) >= 11 is 0. The highest BCUT2D eigenvalue weighted by molar-refractivity contribution is 5.78. The van der Waals surface area contributed by atoms with Gasteiger partial charge in [-0.05, 0) is 106 Å². The van der Waals surface area contributed by atoms with Crippen LogP contribution in [0.15, 0.2) is 72.8 Å². The molecular formula is C42H52N2O4. The first-order chi connectivity index (χ1) is 23.5. The maximum absolute atomic E-state index is 14.3. The van der Waals surface area contributed by atoms with Crippen molar-refractivity contribution in [2.75, 3.05) is 26.7 Å². The van der Waals surface area contributed by atoms with Crippen LogP contribution in [0.1, 0.15) is 87.0 Å². The summed E-state index contributed by atoms with van der Waals surface area (Å²) in [4.78, 5) is 31.4. The minimum absolute atomic E-state index is 0.0258. The molecule has 1 amide bonds. The molecule has 254 valence electrons. The number of amides is 1. The van der Waals surface area contributed by atoms with E-state index in [0.29, 0.717) is 24.9 Å². The van der Waals surface area contributed by atoms with Crippen molar-refractivity contribution in [1.29, 1.82) is 0 Å². The molecule has 1 saturated carbocycles. The van der Waals surface area contributed by atoms with Crippen LogP contribution in [0.5, 0.6) is 11.5 Å². The van der Waals surface area contributed by atoms with Crippen LogP contribution in [-0.2, 0) is 34.3 Å². The molecule has 0 N–H and O–H groups in total. The summed E-state index contributed by atoms with van der Waals surface area (Å²) in [6.07, 6.45) is 11.6. The van der Waals surface area contributed by atoms with Gasteiger partial charge in [0.05, 0.1) is 19.7 Å². The Morgan fingerprint density at radius 1 is 0.896 bits per heavy atom. The number of hydrogen-bond donors (Lipinski definition) is 0. The number of piperidine rings is 1. The highest BCUT2D eigenvalue weighted by Gasteiger charge is 2.66. The fourth-order valence-electron chi connectivity index (χ4n) is 9.85. The normalized spacial score (nSPS) is 25.2. The average molecular weight is 649 g/mol. The number of ether oxygens (including phenoxy) is 2. The molecule has 0 unspecified atom stereocenters. The van der Waals surface area contributed by atoms with Crippen LogP contribution < -0.4 is 9.47 Å². The van der Waals surface area contributed by atoms with Gasteiger partial charge in [-0.15, -0.1) is 0 Å². The molecule has 6 nitrogen and oxygen atoms in total. The van der Waals surface area contributed by atoms with E-state index in [4.69, 9.17) is 9.47 Å². The first-order valence-electron chi connectivity index (χ1n) is 18.5. The number of Topliss-reactive ketones (excluding diaryl/α,β-unsaturated/α-hetero) is 1. The van der Waals surface area contributed by atoms with E-state index >= 15 is 0 Å². The zero-order valence-electron chi connectivity index (χ0n) is 28.9. The summed E-state index contributed by atoms with van der Waals surface area (Å²) in [5.74, 6) is 2.63. The van der Waals surface area contributed by atoms with Gasteiger partial charge in [0.25, 0.3) is 0 Å². The number of rotatable bonds is 15. The fourth-order valence-corrected chi connectivity index (χ4v) is 9.85. The van der Waals surface area contributed by atoms with Crippen molar-refractivity contribution >= 4 is 11.7 Å². The lowest BCUT2D eigenvalue weighted by Crippen LogP contribution is -2.69. The van der Waals surface area contributed by atoms with Crippen molar-refractivity contribution < 1.29 is 19.1 Å². The van der Waals surface area contributed by atoms with Gasteiger partial charge in [-0.25, -0.2) is 0 Å². The van der Waals surface area contributed by atoms with Crippen molar-refractivity contribution in [3.8, 4) is 11.5 Å². The van der Waals surface area contributed by atoms with Gasteiger partial charge in [0.15, 0.2) is 11.5 Å². The molecule has 2 bridgehead atoms. The first-order valence-corrected chi connectivity index (χ1v) is 18.5. The molecule has 6 heteroatoms. The molecule has 48 heavy (non-hydrogen) atoms. The highest BCUT2D eigenvalue weighted by atomic mass is 16.5. The second kappa shape index (κ2) is 14.5.